The Bertz CT molecular complexity index is 720. The van der Waals surface area contributed by atoms with Crippen molar-refractivity contribution in [2.45, 2.75) is 25.7 Å². The molecule has 1 aliphatic carbocycles. The Labute approximate surface area is 119 Å². The molecule has 0 bridgehead atoms. The molecule has 1 aromatic carbocycles. The zero-order chi connectivity index (χ0) is 15.0. The van der Waals surface area contributed by atoms with Gasteiger partial charge in [-0.15, -0.1) is 5.10 Å². The number of nitrogens with zero attached hydrogens (tertiary/aromatic N) is 3. The maximum Gasteiger partial charge on any atom is 0.295 e. The van der Waals surface area contributed by atoms with Gasteiger partial charge in [0.25, 0.3) is 11.6 Å². The Balaban J connectivity index is 1.75. The molecule has 0 unspecified atom stereocenters. The number of nitro benzene ring substituents is 1. The van der Waals surface area contributed by atoms with E-state index >= 15 is 0 Å². The number of anilines is 1. The van der Waals surface area contributed by atoms with Crippen molar-refractivity contribution in [3.05, 3.63) is 45.5 Å². The Kier molecular flexibility index (Phi) is 3.13. The fourth-order valence-electron chi connectivity index (χ4n) is 2.00. The molecule has 8 heteroatoms. The quantitative estimate of drug-likeness (QED) is 0.660. The minimum Gasteiger partial charge on any atom is -0.319 e. The summed E-state index contributed by atoms with van der Waals surface area (Å²) in [4.78, 5) is 26.4. The number of rotatable bonds is 4. The molecule has 0 spiro atoms. The molecule has 108 valence electrons. The standard InChI is InChI=1S/C13H13N5O3/c1-7-6-9(18(20)21)4-5-10(7)14-13(19)12-15-11(16-17-12)8-2-3-8/h4-6,8H,2-3H2,1H3,(H,14,19)(H,15,16,17). The number of carbonyl (C=O) groups is 1. The SMILES string of the molecule is Cc1cc([N+](=O)[O-])ccc1NC(=O)c1n[nH]c(C2CC2)n1. The van der Waals surface area contributed by atoms with Crippen molar-refractivity contribution >= 4 is 17.3 Å². The van der Waals surface area contributed by atoms with Crippen LogP contribution in [0.25, 0.3) is 0 Å². The van der Waals surface area contributed by atoms with Gasteiger partial charge in [0.05, 0.1) is 4.92 Å². The lowest BCUT2D eigenvalue weighted by atomic mass is 10.2. The highest BCUT2D eigenvalue weighted by Crippen LogP contribution is 2.37. The number of aryl methyl sites for hydroxylation is 1. The monoisotopic (exact) mass is 287 g/mol. The average Bonchev–Trinajstić information content (AvgIpc) is 3.18. The minimum atomic E-state index is -0.476. The predicted molar refractivity (Wildman–Crippen MR) is 74.1 cm³/mol. The van der Waals surface area contributed by atoms with Gasteiger partial charge in [0.1, 0.15) is 5.82 Å². The summed E-state index contributed by atoms with van der Waals surface area (Å²) in [6.45, 7) is 1.69. The third-order valence-electron chi connectivity index (χ3n) is 3.34. The molecule has 1 aliphatic rings. The summed E-state index contributed by atoms with van der Waals surface area (Å²) >= 11 is 0. The largest absolute Gasteiger partial charge is 0.319 e. The van der Waals surface area contributed by atoms with Crippen LogP contribution in [0.5, 0.6) is 0 Å². The van der Waals surface area contributed by atoms with Crippen molar-refractivity contribution in [1.82, 2.24) is 15.2 Å². The van der Waals surface area contributed by atoms with Crippen LogP contribution in [0.4, 0.5) is 11.4 Å². The number of carbonyl (C=O) groups excluding carboxylic acids is 1. The first-order valence-corrected chi connectivity index (χ1v) is 6.53. The highest BCUT2D eigenvalue weighted by atomic mass is 16.6. The van der Waals surface area contributed by atoms with Crippen LogP contribution in [-0.2, 0) is 0 Å². The van der Waals surface area contributed by atoms with Crippen LogP contribution in [0.1, 0.15) is 40.8 Å². The van der Waals surface area contributed by atoms with Crippen LogP contribution in [-0.4, -0.2) is 26.0 Å². The topological polar surface area (TPSA) is 114 Å². The smallest absolute Gasteiger partial charge is 0.295 e. The maximum absolute atomic E-state index is 12.1. The lowest BCUT2D eigenvalue weighted by molar-refractivity contribution is -0.384. The molecule has 21 heavy (non-hydrogen) atoms. The van der Waals surface area contributed by atoms with Crippen LogP contribution < -0.4 is 5.32 Å². The summed E-state index contributed by atoms with van der Waals surface area (Å²) in [5.74, 6) is 0.769. The van der Waals surface area contributed by atoms with Crippen LogP contribution >= 0.6 is 0 Å². The Morgan fingerprint density at radius 3 is 2.86 bits per heavy atom. The van der Waals surface area contributed by atoms with Crippen molar-refractivity contribution in [3.63, 3.8) is 0 Å². The summed E-state index contributed by atoms with van der Waals surface area (Å²) < 4.78 is 0. The molecule has 2 N–H and O–H groups in total. The van der Waals surface area contributed by atoms with Gasteiger partial charge in [0.15, 0.2) is 0 Å². The number of non-ortho nitro benzene ring substituents is 1. The summed E-state index contributed by atoms with van der Waals surface area (Å²) in [6, 6.07) is 4.25. The predicted octanol–water partition coefficient (Wildman–Crippen LogP) is 2.15. The molecule has 0 radical (unpaired) electrons. The number of H-pyrrole nitrogens is 1. The van der Waals surface area contributed by atoms with E-state index in [2.05, 4.69) is 20.5 Å². The summed E-state index contributed by atoms with van der Waals surface area (Å²) in [5.41, 5.74) is 1.10. The van der Waals surface area contributed by atoms with Gasteiger partial charge < -0.3 is 5.32 Å². The Morgan fingerprint density at radius 2 is 2.24 bits per heavy atom. The molecule has 1 heterocycles. The highest BCUT2D eigenvalue weighted by molar-refractivity contribution is 6.02. The van der Waals surface area contributed by atoms with E-state index in [9.17, 15) is 14.9 Å². The van der Waals surface area contributed by atoms with E-state index in [1.165, 1.54) is 18.2 Å². The summed E-state index contributed by atoms with van der Waals surface area (Å²) in [7, 11) is 0. The number of nitrogens with one attached hydrogen (secondary N) is 2. The van der Waals surface area contributed by atoms with Crippen LogP contribution in [0.15, 0.2) is 18.2 Å². The van der Waals surface area contributed by atoms with Crippen molar-refractivity contribution in [1.29, 1.82) is 0 Å². The summed E-state index contributed by atoms with van der Waals surface area (Å²) in [6.07, 6.45) is 2.13. The van der Waals surface area contributed by atoms with Crippen molar-refractivity contribution in [3.8, 4) is 0 Å². The molecular formula is C13H13N5O3. The van der Waals surface area contributed by atoms with Crippen LogP contribution in [0.2, 0.25) is 0 Å². The van der Waals surface area contributed by atoms with Crippen LogP contribution in [0.3, 0.4) is 0 Å². The number of benzene rings is 1. The lowest BCUT2D eigenvalue weighted by Gasteiger charge is -2.06. The number of hydrogen-bond acceptors (Lipinski definition) is 5. The second-order valence-corrected chi connectivity index (χ2v) is 5.03. The first kappa shape index (κ1) is 13.2. The molecule has 0 saturated heterocycles. The number of hydrogen-bond donors (Lipinski definition) is 2. The molecule has 1 amide bonds. The van der Waals surface area contributed by atoms with Gasteiger partial charge in [0, 0.05) is 23.7 Å². The fraction of sp³-hybridized carbons (Fsp3) is 0.308. The number of nitro groups is 1. The third kappa shape index (κ3) is 2.73. The van der Waals surface area contributed by atoms with E-state index < -0.39 is 10.8 Å². The van der Waals surface area contributed by atoms with Gasteiger partial charge in [-0.2, -0.15) is 0 Å². The van der Waals surface area contributed by atoms with E-state index in [1.54, 1.807) is 6.92 Å². The molecule has 0 aliphatic heterocycles. The lowest BCUT2D eigenvalue weighted by Crippen LogP contribution is -2.14. The third-order valence-corrected chi connectivity index (χ3v) is 3.34. The van der Waals surface area contributed by atoms with Gasteiger partial charge in [-0.05, 0) is 31.4 Å². The number of aromatic amines is 1. The van der Waals surface area contributed by atoms with E-state index in [1.807, 2.05) is 0 Å². The summed E-state index contributed by atoms with van der Waals surface area (Å²) in [5, 5.41) is 20.0. The molecule has 0 atom stereocenters. The van der Waals surface area contributed by atoms with E-state index in [0.29, 0.717) is 17.2 Å². The van der Waals surface area contributed by atoms with Gasteiger partial charge >= 0.3 is 0 Å². The van der Waals surface area contributed by atoms with E-state index in [0.717, 1.165) is 18.7 Å². The molecular weight excluding hydrogens is 274 g/mol. The second-order valence-electron chi connectivity index (χ2n) is 5.03. The molecule has 1 fully saturated rings. The molecule has 8 nitrogen and oxygen atoms in total. The molecule has 3 rings (SSSR count). The molecule has 2 aromatic rings. The van der Waals surface area contributed by atoms with Gasteiger partial charge in [-0.1, -0.05) is 0 Å². The Hall–Kier alpha value is -2.77. The van der Waals surface area contributed by atoms with Gasteiger partial charge in [0.2, 0.25) is 5.82 Å². The normalized spacial score (nSPS) is 14.0. The molecule has 1 saturated carbocycles. The van der Waals surface area contributed by atoms with E-state index in [4.69, 9.17) is 0 Å². The van der Waals surface area contributed by atoms with Crippen molar-refractivity contribution in [2.24, 2.45) is 0 Å². The molecule has 1 aromatic heterocycles. The maximum atomic E-state index is 12.1. The van der Waals surface area contributed by atoms with Gasteiger partial charge in [-0.25, -0.2) is 4.98 Å². The zero-order valence-corrected chi connectivity index (χ0v) is 11.3. The second kappa shape index (κ2) is 4.97. The average molecular weight is 287 g/mol. The van der Waals surface area contributed by atoms with Gasteiger partial charge in [-0.3, -0.25) is 20.0 Å². The van der Waals surface area contributed by atoms with Crippen molar-refractivity contribution in [2.75, 3.05) is 5.32 Å². The number of aromatic nitrogens is 3. The minimum absolute atomic E-state index is 0.0144. The highest BCUT2D eigenvalue weighted by Gasteiger charge is 2.28. The van der Waals surface area contributed by atoms with Crippen molar-refractivity contribution < 1.29 is 9.72 Å². The van der Waals surface area contributed by atoms with E-state index in [-0.39, 0.29) is 11.5 Å². The Morgan fingerprint density at radius 1 is 1.48 bits per heavy atom. The van der Waals surface area contributed by atoms with Crippen LogP contribution in [0, 0.1) is 17.0 Å². The first-order chi connectivity index (χ1) is 10.0. The zero-order valence-electron chi connectivity index (χ0n) is 11.3. The first-order valence-electron chi connectivity index (χ1n) is 6.53. The fourth-order valence-corrected chi connectivity index (χ4v) is 2.00. The number of amides is 1.